The van der Waals surface area contributed by atoms with Crippen LogP contribution in [0.25, 0.3) is 21.2 Å². The molecule has 0 radical (unpaired) electrons. The first-order valence-electron chi connectivity index (χ1n) is 3.64. The Bertz CT molecular complexity index is 488. The number of hydrogen-bond acceptors (Lipinski definition) is 3. The maximum Gasteiger partial charge on any atom is 0.136 e. The highest BCUT2D eigenvalue weighted by atomic mass is 32.1. The molecule has 2 nitrogen and oxygen atoms in total. The number of benzene rings is 1. The van der Waals surface area contributed by atoms with Crippen LogP contribution in [0.1, 0.15) is 0 Å². The molecule has 2 aromatic heterocycles. The Morgan fingerprint density at radius 1 is 1.25 bits per heavy atom. The molecule has 0 amide bonds. The van der Waals surface area contributed by atoms with E-state index in [4.69, 9.17) is 4.42 Å². The zero-order chi connectivity index (χ0) is 7.97. The second-order valence-electron chi connectivity index (χ2n) is 2.60. The van der Waals surface area contributed by atoms with Crippen LogP contribution in [0, 0.1) is 0 Å². The van der Waals surface area contributed by atoms with Crippen LogP contribution in [0.3, 0.4) is 0 Å². The van der Waals surface area contributed by atoms with Crippen molar-refractivity contribution in [2.75, 3.05) is 0 Å². The van der Waals surface area contributed by atoms with Crippen molar-refractivity contribution in [3.63, 3.8) is 0 Å². The standard InChI is InChI=1S/C9H5NOS/c1-2-8-9(10-5-12-8)6-3-4-11-7(1)6/h1-5H. The lowest BCUT2D eigenvalue weighted by Crippen LogP contribution is -1.67. The molecule has 0 spiro atoms. The summed E-state index contributed by atoms with van der Waals surface area (Å²) in [5, 5.41) is 1.11. The number of hydrogen-bond donors (Lipinski definition) is 0. The Morgan fingerprint density at radius 3 is 3.25 bits per heavy atom. The quantitative estimate of drug-likeness (QED) is 0.525. The average Bonchev–Trinajstić information content (AvgIpc) is 2.71. The fourth-order valence-electron chi connectivity index (χ4n) is 1.37. The molecule has 0 aliphatic rings. The van der Waals surface area contributed by atoms with E-state index in [1.165, 1.54) is 4.70 Å². The number of furan rings is 1. The SMILES string of the molecule is c1cc2c(ccc3scnc32)o1. The van der Waals surface area contributed by atoms with Crippen LogP contribution in [0.4, 0.5) is 0 Å². The molecule has 3 rings (SSSR count). The molecule has 2 heterocycles. The zero-order valence-electron chi connectivity index (χ0n) is 6.15. The summed E-state index contributed by atoms with van der Waals surface area (Å²) < 4.78 is 6.47. The number of thiazole rings is 1. The van der Waals surface area contributed by atoms with E-state index in [0.29, 0.717) is 0 Å². The number of aromatic nitrogens is 1. The molecule has 1 aromatic carbocycles. The van der Waals surface area contributed by atoms with Gasteiger partial charge in [-0.05, 0) is 18.2 Å². The first-order chi connectivity index (χ1) is 5.95. The minimum absolute atomic E-state index is 0.911. The van der Waals surface area contributed by atoms with Gasteiger partial charge < -0.3 is 4.42 Å². The molecule has 0 aliphatic heterocycles. The molecule has 3 heteroatoms. The molecular weight excluding hydrogens is 170 g/mol. The van der Waals surface area contributed by atoms with E-state index in [-0.39, 0.29) is 0 Å². The lowest BCUT2D eigenvalue weighted by atomic mass is 10.2. The van der Waals surface area contributed by atoms with Crippen LogP contribution in [-0.4, -0.2) is 4.98 Å². The summed E-state index contributed by atoms with van der Waals surface area (Å²) in [5.41, 5.74) is 3.82. The molecule has 0 bridgehead atoms. The smallest absolute Gasteiger partial charge is 0.136 e. The van der Waals surface area contributed by atoms with Crippen LogP contribution in [-0.2, 0) is 0 Å². The Hall–Kier alpha value is -1.35. The van der Waals surface area contributed by atoms with Crippen molar-refractivity contribution in [1.82, 2.24) is 4.98 Å². The van der Waals surface area contributed by atoms with Crippen LogP contribution >= 0.6 is 11.3 Å². The summed E-state index contributed by atoms with van der Waals surface area (Å²) in [6.07, 6.45) is 1.70. The molecular formula is C9H5NOS. The van der Waals surface area contributed by atoms with Crippen LogP contribution in [0.2, 0.25) is 0 Å². The van der Waals surface area contributed by atoms with E-state index in [1.54, 1.807) is 17.6 Å². The van der Waals surface area contributed by atoms with Crippen molar-refractivity contribution < 1.29 is 4.42 Å². The summed E-state index contributed by atoms with van der Waals surface area (Å²) in [4.78, 5) is 4.28. The fourth-order valence-corrected chi connectivity index (χ4v) is 2.07. The minimum Gasteiger partial charge on any atom is -0.464 e. The monoisotopic (exact) mass is 175 g/mol. The van der Waals surface area contributed by atoms with Gasteiger partial charge in [0.2, 0.25) is 0 Å². The second-order valence-corrected chi connectivity index (χ2v) is 3.48. The molecule has 0 saturated carbocycles. The lowest BCUT2D eigenvalue weighted by Gasteiger charge is -1.87. The van der Waals surface area contributed by atoms with Crippen molar-refractivity contribution in [2.24, 2.45) is 0 Å². The normalized spacial score (nSPS) is 11.3. The largest absolute Gasteiger partial charge is 0.464 e. The number of rotatable bonds is 0. The molecule has 0 unspecified atom stereocenters. The summed E-state index contributed by atoms with van der Waals surface area (Å²) in [5.74, 6) is 0. The van der Waals surface area contributed by atoms with Gasteiger partial charge in [0.05, 0.1) is 22.0 Å². The van der Waals surface area contributed by atoms with Crippen LogP contribution < -0.4 is 0 Å². The molecule has 58 valence electrons. The highest BCUT2D eigenvalue weighted by Gasteiger charge is 2.03. The van der Waals surface area contributed by atoms with Crippen LogP contribution in [0.15, 0.2) is 34.4 Å². The van der Waals surface area contributed by atoms with E-state index in [9.17, 15) is 0 Å². The molecule has 0 saturated heterocycles. The van der Waals surface area contributed by atoms with Crippen LogP contribution in [0.5, 0.6) is 0 Å². The second kappa shape index (κ2) is 2.08. The van der Waals surface area contributed by atoms with E-state index in [2.05, 4.69) is 4.98 Å². The topological polar surface area (TPSA) is 26.0 Å². The van der Waals surface area contributed by atoms with Gasteiger partial charge in [0.15, 0.2) is 0 Å². The van der Waals surface area contributed by atoms with Gasteiger partial charge in [-0.1, -0.05) is 0 Å². The van der Waals surface area contributed by atoms with Gasteiger partial charge in [-0.25, -0.2) is 4.98 Å². The van der Waals surface area contributed by atoms with Crippen molar-refractivity contribution >= 4 is 32.5 Å². The molecule has 12 heavy (non-hydrogen) atoms. The van der Waals surface area contributed by atoms with E-state index >= 15 is 0 Å². The third-order valence-electron chi connectivity index (χ3n) is 1.93. The van der Waals surface area contributed by atoms with Gasteiger partial charge in [-0.2, -0.15) is 0 Å². The number of nitrogens with zero attached hydrogens (tertiary/aromatic N) is 1. The van der Waals surface area contributed by atoms with Crippen molar-refractivity contribution in [1.29, 1.82) is 0 Å². The van der Waals surface area contributed by atoms with Crippen molar-refractivity contribution in [2.45, 2.75) is 0 Å². The Labute approximate surface area is 72.4 Å². The zero-order valence-corrected chi connectivity index (χ0v) is 6.97. The Morgan fingerprint density at radius 2 is 2.25 bits per heavy atom. The van der Waals surface area contributed by atoms with Gasteiger partial charge >= 0.3 is 0 Å². The van der Waals surface area contributed by atoms with Gasteiger partial charge in [0.1, 0.15) is 5.58 Å². The Kier molecular flexibility index (Phi) is 1.07. The molecule has 0 N–H and O–H groups in total. The van der Waals surface area contributed by atoms with Gasteiger partial charge in [-0.15, -0.1) is 11.3 Å². The maximum atomic E-state index is 5.26. The highest BCUT2D eigenvalue weighted by molar-refractivity contribution is 7.16. The predicted molar refractivity (Wildman–Crippen MR) is 49.4 cm³/mol. The third kappa shape index (κ3) is 0.662. The first-order valence-corrected chi connectivity index (χ1v) is 4.52. The highest BCUT2D eigenvalue weighted by Crippen LogP contribution is 2.27. The van der Waals surface area contributed by atoms with Crippen molar-refractivity contribution in [3.8, 4) is 0 Å². The van der Waals surface area contributed by atoms with Gasteiger partial charge in [-0.3, -0.25) is 0 Å². The summed E-state index contributed by atoms with van der Waals surface area (Å²) in [6, 6.07) is 5.98. The van der Waals surface area contributed by atoms with Gasteiger partial charge in [0.25, 0.3) is 0 Å². The average molecular weight is 175 g/mol. The third-order valence-corrected chi connectivity index (χ3v) is 2.73. The summed E-state index contributed by atoms with van der Waals surface area (Å²) in [6.45, 7) is 0. The maximum absolute atomic E-state index is 5.26. The molecule has 0 atom stereocenters. The minimum atomic E-state index is 0.911. The van der Waals surface area contributed by atoms with E-state index in [1.807, 2.05) is 23.7 Å². The predicted octanol–water partition coefficient (Wildman–Crippen LogP) is 3.04. The number of fused-ring (bicyclic) bond motifs is 3. The fraction of sp³-hybridized carbons (Fsp3) is 0. The van der Waals surface area contributed by atoms with E-state index in [0.717, 1.165) is 16.5 Å². The van der Waals surface area contributed by atoms with E-state index < -0.39 is 0 Å². The molecule has 0 aliphatic carbocycles. The molecule has 0 fully saturated rings. The molecule has 3 aromatic rings. The van der Waals surface area contributed by atoms with Crippen molar-refractivity contribution in [3.05, 3.63) is 30.0 Å². The van der Waals surface area contributed by atoms with Gasteiger partial charge in [0, 0.05) is 5.39 Å². The summed E-state index contributed by atoms with van der Waals surface area (Å²) >= 11 is 1.65. The Balaban J connectivity index is 2.71. The first kappa shape index (κ1) is 6.20. The summed E-state index contributed by atoms with van der Waals surface area (Å²) in [7, 11) is 0. The lowest BCUT2D eigenvalue weighted by molar-refractivity contribution is 0.616.